The SMILES string of the molecule is C=C/C=C(\C=C)CN1CN(Cc2ccccc2)C(/C(C=C)=C/C=C)=C1C1=CCCC=C1.COBr. The summed E-state index contributed by atoms with van der Waals surface area (Å²) in [5.74, 6) is 0. The van der Waals surface area contributed by atoms with Crippen molar-refractivity contribution in [3.8, 4) is 0 Å². The van der Waals surface area contributed by atoms with Gasteiger partial charge in [-0.05, 0) is 35.1 Å². The van der Waals surface area contributed by atoms with E-state index in [9.17, 15) is 0 Å². The van der Waals surface area contributed by atoms with E-state index >= 15 is 0 Å². The second-order valence-corrected chi connectivity index (χ2v) is 8.40. The zero-order valence-electron chi connectivity index (χ0n) is 20.1. The summed E-state index contributed by atoms with van der Waals surface area (Å²) in [4.78, 5) is 4.86. The van der Waals surface area contributed by atoms with E-state index in [1.165, 1.54) is 22.5 Å². The monoisotopic (exact) mass is 518 g/mol. The molecule has 34 heavy (non-hydrogen) atoms. The number of hydrogen-bond donors (Lipinski definition) is 0. The van der Waals surface area contributed by atoms with Crippen LogP contribution in [0.25, 0.3) is 0 Å². The van der Waals surface area contributed by atoms with Gasteiger partial charge in [-0.3, -0.25) is 0 Å². The van der Waals surface area contributed by atoms with Crippen LogP contribution in [0.2, 0.25) is 0 Å². The molecule has 1 aromatic carbocycles. The molecule has 0 saturated heterocycles. The zero-order valence-corrected chi connectivity index (χ0v) is 21.7. The molecule has 0 bridgehead atoms. The maximum Gasteiger partial charge on any atom is 0.0984 e. The highest BCUT2D eigenvalue weighted by Crippen LogP contribution is 2.37. The first kappa shape index (κ1) is 27.2. The molecule has 0 unspecified atom stereocenters. The maximum atomic E-state index is 4.10. The highest BCUT2D eigenvalue weighted by Gasteiger charge is 2.32. The third kappa shape index (κ3) is 7.47. The summed E-state index contributed by atoms with van der Waals surface area (Å²) in [7, 11) is 1.54. The first-order chi connectivity index (χ1) is 16.6. The van der Waals surface area contributed by atoms with Gasteiger partial charge in [-0.2, -0.15) is 0 Å². The number of allylic oxidation sites excluding steroid dienone is 8. The van der Waals surface area contributed by atoms with Crippen LogP contribution < -0.4 is 0 Å². The van der Waals surface area contributed by atoms with E-state index in [2.05, 4.69) is 105 Å². The molecule has 2 aliphatic rings. The van der Waals surface area contributed by atoms with Gasteiger partial charge in [-0.25, -0.2) is 0 Å². The molecular weight excluding hydrogens is 484 g/mol. The van der Waals surface area contributed by atoms with Gasteiger partial charge in [0.25, 0.3) is 0 Å². The number of benzene rings is 1. The summed E-state index contributed by atoms with van der Waals surface area (Å²) in [6, 6.07) is 10.6. The molecule has 0 N–H and O–H groups in total. The maximum absolute atomic E-state index is 4.10. The lowest BCUT2D eigenvalue weighted by molar-refractivity contribution is 0.258. The van der Waals surface area contributed by atoms with Gasteiger partial charge in [0.15, 0.2) is 0 Å². The third-order valence-corrected chi connectivity index (χ3v) is 5.44. The topological polar surface area (TPSA) is 15.7 Å². The lowest BCUT2D eigenvalue weighted by atomic mass is 9.99. The Morgan fingerprint density at radius 2 is 1.71 bits per heavy atom. The Hall–Kier alpha value is -3.08. The molecule has 0 amide bonds. The minimum Gasteiger partial charge on any atom is -0.347 e. The summed E-state index contributed by atoms with van der Waals surface area (Å²) in [5.41, 5.74) is 7.19. The van der Waals surface area contributed by atoms with E-state index in [1.54, 1.807) is 7.11 Å². The highest BCUT2D eigenvalue weighted by atomic mass is 79.9. The lowest BCUT2D eigenvalue weighted by Gasteiger charge is -2.25. The zero-order chi connectivity index (χ0) is 24.8. The van der Waals surface area contributed by atoms with Crippen molar-refractivity contribution < 1.29 is 3.83 Å². The van der Waals surface area contributed by atoms with Gasteiger partial charge >= 0.3 is 0 Å². The fourth-order valence-electron chi connectivity index (χ4n) is 4.06. The number of nitrogens with zero attached hydrogens (tertiary/aromatic N) is 2. The van der Waals surface area contributed by atoms with Gasteiger partial charge < -0.3 is 13.6 Å². The van der Waals surface area contributed by atoms with E-state index < -0.39 is 0 Å². The van der Waals surface area contributed by atoms with Crippen molar-refractivity contribution in [1.29, 1.82) is 0 Å². The van der Waals surface area contributed by atoms with E-state index in [0.717, 1.165) is 43.7 Å². The van der Waals surface area contributed by atoms with Gasteiger partial charge in [0.05, 0.1) is 41.4 Å². The first-order valence-electron chi connectivity index (χ1n) is 11.3. The van der Waals surface area contributed by atoms with E-state index in [-0.39, 0.29) is 0 Å². The van der Waals surface area contributed by atoms with Crippen molar-refractivity contribution in [3.05, 3.63) is 145 Å². The second kappa shape index (κ2) is 14.9. The normalized spacial score (nSPS) is 16.0. The molecule has 4 heteroatoms. The molecule has 3 nitrogen and oxygen atoms in total. The van der Waals surface area contributed by atoms with Gasteiger partial charge in [0.1, 0.15) is 0 Å². The van der Waals surface area contributed by atoms with Crippen LogP contribution in [0.5, 0.6) is 0 Å². The molecule has 1 heterocycles. The van der Waals surface area contributed by atoms with Gasteiger partial charge in [-0.1, -0.05) is 111 Å². The van der Waals surface area contributed by atoms with Crippen LogP contribution >= 0.6 is 16.3 Å². The molecule has 0 radical (unpaired) electrons. The number of hydrogen-bond acceptors (Lipinski definition) is 3. The Morgan fingerprint density at radius 3 is 2.26 bits per heavy atom. The van der Waals surface area contributed by atoms with Crippen molar-refractivity contribution in [1.82, 2.24) is 9.80 Å². The van der Waals surface area contributed by atoms with Crippen LogP contribution in [-0.4, -0.2) is 30.1 Å². The van der Waals surface area contributed by atoms with E-state index in [0.29, 0.717) is 0 Å². The summed E-state index contributed by atoms with van der Waals surface area (Å²) in [6.07, 6.45) is 20.6. The molecule has 0 atom stereocenters. The minimum absolute atomic E-state index is 0.767. The largest absolute Gasteiger partial charge is 0.347 e. The second-order valence-electron chi connectivity index (χ2n) is 7.76. The lowest BCUT2D eigenvalue weighted by Crippen LogP contribution is -2.29. The Balaban J connectivity index is 0.00000129. The van der Waals surface area contributed by atoms with Crippen molar-refractivity contribution in [2.75, 3.05) is 20.3 Å². The average Bonchev–Trinajstić information content (AvgIpc) is 3.21. The Bertz CT molecular complexity index is 1010. The Kier molecular flexibility index (Phi) is 11.9. The van der Waals surface area contributed by atoms with Crippen LogP contribution in [0.4, 0.5) is 0 Å². The number of rotatable bonds is 10. The van der Waals surface area contributed by atoms with Crippen LogP contribution in [0.3, 0.4) is 0 Å². The summed E-state index contributed by atoms with van der Waals surface area (Å²) in [6.45, 7) is 18.3. The molecule has 178 valence electrons. The van der Waals surface area contributed by atoms with Crippen molar-refractivity contribution in [2.45, 2.75) is 19.4 Å². The van der Waals surface area contributed by atoms with Gasteiger partial charge in [0, 0.05) is 13.1 Å². The van der Waals surface area contributed by atoms with Crippen LogP contribution in [0.1, 0.15) is 18.4 Å². The average molecular weight is 520 g/mol. The Labute approximate surface area is 214 Å². The molecule has 1 aliphatic heterocycles. The molecular formula is C30H35BrN2O. The molecule has 0 fully saturated rings. The van der Waals surface area contributed by atoms with Crippen LogP contribution in [0, 0.1) is 0 Å². The van der Waals surface area contributed by atoms with E-state index in [1.807, 2.05) is 36.5 Å². The number of halogens is 1. The standard InChI is InChI=1S/C29H32N2.CH3BrO/c1-5-15-24(7-3)21-30-23-31(22-25-17-11-9-12-18-25)28(26(8-4)16-6-2)29(30)27-19-13-10-14-20-27;1-3-2/h5-9,11-13,15-20H,1-4,10,14,21-23H2;1H3/b24-15+,26-16+;. The summed E-state index contributed by atoms with van der Waals surface area (Å²) in [5, 5.41) is 0. The molecule has 0 aromatic heterocycles. The van der Waals surface area contributed by atoms with E-state index in [4.69, 9.17) is 0 Å². The van der Waals surface area contributed by atoms with Crippen molar-refractivity contribution in [3.63, 3.8) is 0 Å². The molecule has 1 aliphatic carbocycles. The molecule has 0 spiro atoms. The van der Waals surface area contributed by atoms with Gasteiger partial charge in [-0.15, -0.1) is 0 Å². The fraction of sp³-hybridized carbons (Fsp3) is 0.200. The quantitative estimate of drug-likeness (QED) is 0.294. The first-order valence-corrected chi connectivity index (χ1v) is 12.0. The third-order valence-electron chi connectivity index (χ3n) is 5.44. The van der Waals surface area contributed by atoms with Gasteiger partial charge in [0.2, 0.25) is 0 Å². The minimum atomic E-state index is 0.767. The fourth-order valence-corrected chi connectivity index (χ4v) is 4.06. The predicted octanol–water partition coefficient (Wildman–Crippen LogP) is 7.79. The predicted molar refractivity (Wildman–Crippen MR) is 150 cm³/mol. The smallest absolute Gasteiger partial charge is 0.0984 e. The molecule has 0 saturated carbocycles. The van der Waals surface area contributed by atoms with Crippen LogP contribution in [0.15, 0.2) is 139 Å². The molecule has 3 rings (SSSR count). The molecule has 1 aromatic rings. The van der Waals surface area contributed by atoms with Crippen molar-refractivity contribution >= 4 is 16.3 Å². The summed E-state index contributed by atoms with van der Waals surface area (Å²) >= 11 is 2.65. The summed E-state index contributed by atoms with van der Waals surface area (Å²) < 4.78 is 4.06. The Morgan fingerprint density at radius 1 is 1.00 bits per heavy atom. The van der Waals surface area contributed by atoms with Crippen LogP contribution in [-0.2, 0) is 10.4 Å². The highest BCUT2D eigenvalue weighted by molar-refractivity contribution is 9.06. The van der Waals surface area contributed by atoms with Crippen molar-refractivity contribution in [2.24, 2.45) is 0 Å².